The second-order valence-electron chi connectivity index (χ2n) is 4.79. The van der Waals surface area contributed by atoms with Gasteiger partial charge in [-0.2, -0.15) is 0 Å². The normalized spacial score (nSPS) is 19.1. The van der Waals surface area contributed by atoms with Crippen molar-refractivity contribution in [2.24, 2.45) is 0 Å². The van der Waals surface area contributed by atoms with Gasteiger partial charge in [-0.15, -0.1) is 6.42 Å². The highest BCUT2D eigenvalue weighted by molar-refractivity contribution is 9.10. The topological polar surface area (TPSA) is 21.3 Å². The highest BCUT2D eigenvalue weighted by atomic mass is 79.9. The quantitative estimate of drug-likeness (QED) is 0.845. The summed E-state index contributed by atoms with van der Waals surface area (Å²) in [5.41, 5.74) is 0.871. The number of terminal acetylenes is 1. The van der Waals surface area contributed by atoms with E-state index in [9.17, 15) is 0 Å². The average molecular weight is 294 g/mol. The fourth-order valence-electron chi connectivity index (χ4n) is 1.99. The molecule has 1 aromatic rings. The third-order valence-electron chi connectivity index (χ3n) is 2.91. The van der Waals surface area contributed by atoms with Crippen molar-refractivity contribution in [1.82, 2.24) is 5.32 Å². The summed E-state index contributed by atoms with van der Waals surface area (Å²) in [6, 6.07) is 6.34. The molecule has 0 radical (unpaired) electrons. The summed E-state index contributed by atoms with van der Waals surface area (Å²) in [6.07, 6.45) is 6.46. The van der Waals surface area contributed by atoms with Gasteiger partial charge in [0.2, 0.25) is 0 Å². The van der Waals surface area contributed by atoms with Crippen LogP contribution in [0.5, 0.6) is 5.75 Å². The zero-order chi connectivity index (χ0) is 12.5. The van der Waals surface area contributed by atoms with Crippen LogP contribution in [-0.4, -0.2) is 12.1 Å². The zero-order valence-corrected chi connectivity index (χ0v) is 11.7. The molecule has 1 aliphatic rings. The van der Waals surface area contributed by atoms with Crippen LogP contribution < -0.4 is 10.1 Å². The second kappa shape index (κ2) is 4.72. The Bertz CT molecular complexity index is 462. The number of hydrogen-bond donors (Lipinski definition) is 1. The molecule has 1 aliphatic heterocycles. The van der Waals surface area contributed by atoms with Gasteiger partial charge in [0.05, 0.1) is 12.1 Å². The molecule has 0 saturated heterocycles. The number of hydrogen-bond acceptors (Lipinski definition) is 2. The van der Waals surface area contributed by atoms with Gasteiger partial charge in [0.15, 0.2) is 0 Å². The minimum absolute atomic E-state index is 0.252. The van der Waals surface area contributed by atoms with Crippen LogP contribution in [0.15, 0.2) is 22.7 Å². The summed E-state index contributed by atoms with van der Waals surface area (Å²) < 4.78 is 6.71. The number of fused-ring (bicyclic) bond motifs is 1. The van der Waals surface area contributed by atoms with Crippen LogP contribution in [0.4, 0.5) is 0 Å². The highest BCUT2D eigenvalue weighted by Crippen LogP contribution is 2.35. The third kappa shape index (κ3) is 2.83. The molecular weight excluding hydrogens is 278 g/mol. The first-order valence-corrected chi connectivity index (χ1v) is 6.49. The molecule has 90 valence electrons. The molecule has 0 saturated carbocycles. The van der Waals surface area contributed by atoms with E-state index >= 15 is 0 Å². The van der Waals surface area contributed by atoms with Crippen LogP contribution in [0, 0.1) is 12.3 Å². The van der Waals surface area contributed by atoms with Crippen molar-refractivity contribution in [3.63, 3.8) is 0 Å². The minimum Gasteiger partial charge on any atom is -0.493 e. The van der Waals surface area contributed by atoms with Gasteiger partial charge in [0, 0.05) is 22.5 Å². The molecule has 1 N–H and O–H groups in total. The summed E-state index contributed by atoms with van der Waals surface area (Å²) in [4.78, 5) is 0. The second-order valence-corrected chi connectivity index (χ2v) is 5.70. The third-order valence-corrected chi connectivity index (χ3v) is 3.40. The number of ether oxygens (including phenoxy) is 1. The molecule has 0 aliphatic carbocycles. The maximum Gasteiger partial charge on any atom is 0.124 e. The lowest BCUT2D eigenvalue weighted by atomic mass is 9.96. The first-order valence-electron chi connectivity index (χ1n) is 5.69. The summed E-state index contributed by atoms with van der Waals surface area (Å²) in [5, 5.41) is 3.49. The monoisotopic (exact) mass is 293 g/mol. The van der Waals surface area contributed by atoms with Crippen LogP contribution in [0.2, 0.25) is 0 Å². The van der Waals surface area contributed by atoms with Gasteiger partial charge in [-0.25, -0.2) is 0 Å². The Labute approximate surface area is 111 Å². The first-order chi connectivity index (χ1) is 8.02. The molecule has 0 fully saturated rings. The fourth-order valence-corrected chi connectivity index (χ4v) is 2.37. The van der Waals surface area contributed by atoms with Crippen molar-refractivity contribution in [3.8, 4) is 18.1 Å². The van der Waals surface area contributed by atoms with Gasteiger partial charge < -0.3 is 4.74 Å². The lowest BCUT2D eigenvalue weighted by Crippen LogP contribution is -2.42. The Kier molecular flexibility index (Phi) is 3.46. The van der Waals surface area contributed by atoms with Crippen LogP contribution in [-0.2, 0) is 0 Å². The fraction of sp³-hybridized carbons (Fsp3) is 0.429. The maximum atomic E-state index is 5.64. The zero-order valence-electron chi connectivity index (χ0n) is 10.1. The first kappa shape index (κ1) is 12.5. The van der Waals surface area contributed by atoms with Crippen LogP contribution in [0.1, 0.15) is 31.9 Å². The van der Waals surface area contributed by atoms with E-state index in [0.717, 1.165) is 23.2 Å². The lowest BCUT2D eigenvalue weighted by Gasteiger charge is -2.32. The predicted molar refractivity (Wildman–Crippen MR) is 73.0 cm³/mol. The van der Waals surface area contributed by atoms with E-state index < -0.39 is 0 Å². The molecular formula is C14H16BrNO. The standard InChI is InChI=1S/C14H16BrNO/c1-4-14(2,3)16-12-7-8-17-13-6-5-10(15)9-11(12)13/h1,5-6,9,12,16H,7-8H2,2-3H3. The Morgan fingerprint density at radius 3 is 3.00 bits per heavy atom. The number of benzene rings is 1. The molecule has 1 heterocycles. The smallest absolute Gasteiger partial charge is 0.124 e. The largest absolute Gasteiger partial charge is 0.493 e. The SMILES string of the molecule is C#CC(C)(C)NC1CCOc2ccc(Br)cc21. The average Bonchev–Trinajstić information content (AvgIpc) is 2.30. The van der Waals surface area contributed by atoms with Gasteiger partial charge in [0.25, 0.3) is 0 Å². The summed E-state index contributed by atoms with van der Waals surface area (Å²) in [6.45, 7) is 4.76. The van der Waals surface area contributed by atoms with Crippen molar-refractivity contribution in [3.05, 3.63) is 28.2 Å². The molecule has 3 heteroatoms. The molecule has 0 aromatic heterocycles. The van der Waals surface area contributed by atoms with Gasteiger partial charge in [0.1, 0.15) is 5.75 Å². The summed E-state index contributed by atoms with van der Waals surface area (Å²) >= 11 is 3.49. The molecule has 0 spiro atoms. The van der Waals surface area contributed by atoms with E-state index in [1.807, 2.05) is 26.0 Å². The van der Waals surface area contributed by atoms with Crippen molar-refractivity contribution >= 4 is 15.9 Å². The van der Waals surface area contributed by atoms with Gasteiger partial charge in [-0.05, 0) is 32.0 Å². The van der Waals surface area contributed by atoms with Gasteiger partial charge in [-0.3, -0.25) is 5.32 Å². The predicted octanol–water partition coefficient (Wildman–Crippen LogP) is 3.27. The van der Waals surface area contributed by atoms with Crippen molar-refractivity contribution < 1.29 is 4.74 Å². The van der Waals surface area contributed by atoms with E-state index in [0.29, 0.717) is 0 Å². The molecule has 2 nitrogen and oxygen atoms in total. The van der Waals surface area contributed by atoms with Crippen molar-refractivity contribution in [2.75, 3.05) is 6.61 Å². The molecule has 0 bridgehead atoms. The van der Waals surface area contributed by atoms with E-state index in [1.165, 1.54) is 5.56 Å². The molecule has 0 amide bonds. The summed E-state index contributed by atoms with van der Waals surface area (Å²) in [7, 11) is 0. The highest BCUT2D eigenvalue weighted by Gasteiger charge is 2.26. The summed E-state index contributed by atoms with van der Waals surface area (Å²) in [5.74, 6) is 3.72. The van der Waals surface area contributed by atoms with E-state index in [2.05, 4.69) is 33.2 Å². The Balaban J connectivity index is 2.29. The molecule has 1 aromatic carbocycles. The van der Waals surface area contributed by atoms with Gasteiger partial charge in [-0.1, -0.05) is 21.9 Å². The Morgan fingerprint density at radius 2 is 2.29 bits per heavy atom. The molecule has 1 atom stereocenters. The van der Waals surface area contributed by atoms with Gasteiger partial charge >= 0.3 is 0 Å². The lowest BCUT2D eigenvalue weighted by molar-refractivity contribution is 0.239. The van der Waals surface area contributed by atoms with Crippen molar-refractivity contribution in [1.29, 1.82) is 0 Å². The van der Waals surface area contributed by atoms with E-state index in [-0.39, 0.29) is 11.6 Å². The van der Waals surface area contributed by atoms with E-state index in [1.54, 1.807) is 0 Å². The number of nitrogens with one attached hydrogen (secondary N) is 1. The Morgan fingerprint density at radius 1 is 1.53 bits per heavy atom. The molecule has 17 heavy (non-hydrogen) atoms. The van der Waals surface area contributed by atoms with Crippen LogP contribution >= 0.6 is 15.9 Å². The Hall–Kier alpha value is -0.980. The number of rotatable bonds is 2. The van der Waals surface area contributed by atoms with E-state index in [4.69, 9.17) is 11.2 Å². The maximum absolute atomic E-state index is 5.64. The molecule has 1 unspecified atom stereocenters. The number of halogens is 1. The van der Waals surface area contributed by atoms with Crippen LogP contribution in [0.3, 0.4) is 0 Å². The minimum atomic E-state index is -0.304. The van der Waals surface area contributed by atoms with Crippen molar-refractivity contribution in [2.45, 2.75) is 31.8 Å². The van der Waals surface area contributed by atoms with Crippen LogP contribution in [0.25, 0.3) is 0 Å². The molecule has 2 rings (SSSR count).